The van der Waals surface area contributed by atoms with Crippen LogP contribution in [0.3, 0.4) is 0 Å². The Bertz CT molecular complexity index is 872. The fourth-order valence-corrected chi connectivity index (χ4v) is 6.05. The second kappa shape index (κ2) is 34.7. The van der Waals surface area contributed by atoms with Gasteiger partial charge in [-0.3, -0.25) is 14.2 Å². The molecule has 12 heteroatoms. The van der Waals surface area contributed by atoms with Crippen molar-refractivity contribution >= 4 is 25.7 Å². The van der Waals surface area contributed by atoms with Crippen molar-refractivity contribution < 1.29 is 47.1 Å². The number of hydrogen-bond donors (Lipinski definition) is 1. The number of phosphoric ester groups is 1. The van der Waals surface area contributed by atoms with Gasteiger partial charge >= 0.3 is 17.9 Å². The van der Waals surface area contributed by atoms with Gasteiger partial charge in [0.2, 0.25) is 0 Å². The van der Waals surface area contributed by atoms with Crippen LogP contribution in [0, 0.1) is 0 Å². The van der Waals surface area contributed by atoms with E-state index in [0.717, 1.165) is 77.0 Å². The fourth-order valence-electron chi connectivity index (χ4n) is 5.30. The third-order valence-electron chi connectivity index (χ3n) is 8.18. The molecule has 2 unspecified atom stereocenters. The van der Waals surface area contributed by atoms with Gasteiger partial charge in [-0.1, -0.05) is 142 Å². The first-order chi connectivity index (χ1) is 23.7. The van der Waals surface area contributed by atoms with E-state index < -0.39 is 32.5 Å². The van der Waals surface area contributed by atoms with Crippen molar-refractivity contribution in [2.75, 3.05) is 33.0 Å². The van der Waals surface area contributed by atoms with Gasteiger partial charge in [0.1, 0.15) is 6.61 Å². The number of hydrogen-bond acceptors (Lipinski definition) is 11. The van der Waals surface area contributed by atoms with Crippen LogP contribution in [0.15, 0.2) is 12.7 Å². The van der Waals surface area contributed by atoms with Crippen molar-refractivity contribution in [1.29, 1.82) is 0 Å². The number of unbranched alkanes of at least 4 members (excludes halogenated alkanes) is 21. The minimum absolute atomic E-state index is 0.00140. The monoisotopic (exact) mass is 718 g/mol. The Balaban J connectivity index is 4.17. The molecule has 0 spiro atoms. The van der Waals surface area contributed by atoms with Crippen molar-refractivity contribution in [3.8, 4) is 0 Å². The highest BCUT2D eigenvalue weighted by atomic mass is 31.2. The molecule has 2 N–H and O–H groups in total. The Labute approximate surface area is 297 Å². The molecule has 0 heterocycles. The summed E-state index contributed by atoms with van der Waals surface area (Å²) in [6, 6.07) is 0. The molecule has 0 amide bonds. The van der Waals surface area contributed by atoms with Gasteiger partial charge in [-0.25, -0.2) is 4.79 Å². The molecule has 0 aliphatic rings. The predicted octanol–water partition coefficient (Wildman–Crippen LogP) is 8.40. The number of carbonyl (C=O) groups excluding carboxylic acids is 3. The minimum Gasteiger partial charge on any atom is -0.756 e. The van der Waals surface area contributed by atoms with Gasteiger partial charge in [-0.05, 0) is 19.3 Å². The number of carbonyl (C=O) groups is 3. The number of esters is 3. The molecule has 0 aromatic rings. The second-order valence-electron chi connectivity index (χ2n) is 12.8. The van der Waals surface area contributed by atoms with E-state index in [9.17, 15) is 23.8 Å². The molecule has 11 nitrogen and oxygen atoms in total. The van der Waals surface area contributed by atoms with Crippen molar-refractivity contribution in [2.45, 2.75) is 174 Å². The first-order valence-corrected chi connectivity index (χ1v) is 20.6. The molecule has 0 aromatic heterocycles. The number of ether oxygens (including phenoxy) is 3. The summed E-state index contributed by atoms with van der Waals surface area (Å²) in [5.74, 6) is -1.29. The summed E-state index contributed by atoms with van der Waals surface area (Å²) in [4.78, 5) is 47.8. The van der Waals surface area contributed by atoms with E-state index in [1.807, 2.05) is 0 Å². The average Bonchev–Trinajstić information content (AvgIpc) is 3.09. The van der Waals surface area contributed by atoms with Gasteiger partial charge in [-0.2, -0.15) is 0 Å². The van der Waals surface area contributed by atoms with E-state index in [1.54, 1.807) is 0 Å². The molecule has 0 rings (SSSR count). The normalized spacial score (nSPS) is 13.0. The lowest BCUT2D eigenvalue weighted by Crippen LogP contribution is -2.30. The van der Waals surface area contributed by atoms with Crippen LogP contribution in [0.2, 0.25) is 0 Å². The highest BCUT2D eigenvalue weighted by Gasteiger charge is 2.21. The molecule has 0 saturated carbocycles. The lowest BCUT2D eigenvalue weighted by atomic mass is 10.0. The van der Waals surface area contributed by atoms with Crippen LogP contribution in [0.25, 0.3) is 0 Å². The highest BCUT2D eigenvalue weighted by Crippen LogP contribution is 2.38. The lowest BCUT2D eigenvalue weighted by Gasteiger charge is -2.25. The molecular formula is C37H69NO10P-. The summed E-state index contributed by atoms with van der Waals surface area (Å²) >= 11 is 0. The quantitative estimate of drug-likeness (QED) is 0.0216. The van der Waals surface area contributed by atoms with Crippen LogP contribution < -0.4 is 10.6 Å². The molecule has 0 bridgehead atoms. The molecule has 0 aliphatic heterocycles. The van der Waals surface area contributed by atoms with Crippen LogP contribution >= 0.6 is 7.82 Å². The summed E-state index contributed by atoms with van der Waals surface area (Å²) in [6.07, 6.45) is 26.3. The Morgan fingerprint density at radius 1 is 0.633 bits per heavy atom. The highest BCUT2D eigenvalue weighted by molar-refractivity contribution is 7.45. The smallest absolute Gasteiger partial charge is 0.330 e. The van der Waals surface area contributed by atoms with Crippen LogP contribution in [-0.2, 0) is 42.2 Å². The topological polar surface area (TPSA) is 164 Å². The van der Waals surface area contributed by atoms with E-state index >= 15 is 0 Å². The second-order valence-corrected chi connectivity index (χ2v) is 14.2. The van der Waals surface area contributed by atoms with E-state index in [2.05, 4.69) is 18.0 Å². The maximum Gasteiger partial charge on any atom is 0.330 e. The molecular weight excluding hydrogens is 649 g/mol. The van der Waals surface area contributed by atoms with Gasteiger partial charge < -0.3 is 33.9 Å². The molecule has 0 fully saturated rings. The SMILES string of the molecule is C=CC(=O)OCCCCCCCCCCCCC(=O)OC(COC(=O)CCCCCCCCCCCCCCC)COP(=O)([O-])OCCN. The first kappa shape index (κ1) is 47.2. The Hall–Kier alpha value is -1.78. The number of nitrogens with two attached hydrogens (primary N) is 1. The summed E-state index contributed by atoms with van der Waals surface area (Å²) in [5.41, 5.74) is 5.29. The standard InChI is InChI=1S/C37H70NO10P/c1-3-5-6-7-8-9-10-11-12-15-18-21-24-27-36(40)45-32-34(33-47-49(42,43)46-31-29-38)48-37(41)28-25-22-19-16-13-14-17-20-23-26-30-44-35(39)4-2/h4,34H,2-3,5-33,38H2,1H3,(H,42,43)/p-1. The largest absolute Gasteiger partial charge is 0.756 e. The molecule has 0 radical (unpaired) electrons. The van der Waals surface area contributed by atoms with Crippen LogP contribution in [0.4, 0.5) is 0 Å². The van der Waals surface area contributed by atoms with Crippen LogP contribution in [-0.4, -0.2) is 57.0 Å². The summed E-state index contributed by atoms with van der Waals surface area (Å²) in [6.45, 7) is 5.02. The van der Waals surface area contributed by atoms with Gasteiger partial charge in [-0.15, -0.1) is 0 Å². The maximum absolute atomic E-state index is 12.5. The van der Waals surface area contributed by atoms with Gasteiger partial charge in [0.05, 0.1) is 19.8 Å². The van der Waals surface area contributed by atoms with E-state index in [-0.39, 0.29) is 38.6 Å². The maximum atomic E-state index is 12.5. The van der Waals surface area contributed by atoms with E-state index in [4.69, 9.17) is 24.5 Å². The Kier molecular flexibility index (Phi) is 33.4. The van der Waals surface area contributed by atoms with Gasteiger partial charge in [0.15, 0.2) is 6.10 Å². The van der Waals surface area contributed by atoms with Crippen LogP contribution in [0.5, 0.6) is 0 Å². The third-order valence-corrected chi connectivity index (χ3v) is 9.15. The number of phosphoric acid groups is 1. The molecule has 0 saturated heterocycles. The summed E-state index contributed by atoms with van der Waals surface area (Å²) in [5, 5.41) is 0. The van der Waals surface area contributed by atoms with Gasteiger partial charge in [0, 0.05) is 25.5 Å². The summed E-state index contributed by atoms with van der Waals surface area (Å²) < 4.78 is 37.2. The van der Waals surface area contributed by atoms with Crippen molar-refractivity contribution in [3.63, 3.8) is 0 Å². The van der Waals surface area contributed by atoms with E-state index in [1.165, 1.54) is 70.3 Å². The van der Waals surface area contributed by atoms with Crippen LogP contribution in [0.1, 0.15) is 167 Å². The first-order valence-electron chi connectivity index (χ1n) is 19.2. The minimum atomic E-state index is -4.64. The summed E-state index contributed by atoms with van der Waals surface area (Å²) in [7, 11) is -4.64. The Morgan fingerprint density at radius 3 is 1.55 bits per heavy atom. The van der Waals surface area contributed by atoms with E-state index in [0.29, 0.717) is 13.0 Å². The molecule has 2 atom stereocenters. The van der Waals surface area contributed by atoms with Gasteiger partial charge in [0.25, 0.3) is 7.82 Å². The number of rotatable bonds is 37. The van der Waals surface area contributed by atoms with Crippen molar-refractivity contribution in [3.05, 3.63) is 12.7 Å². The van der Waals surface area contributed by atoms with Crippen molar-refractivity contribution in [1.82, 2.24) is 0 Å². The zero-order chi connectivity index (χ0) is 36.3. The average molecular weight is 719 g/mol. The molecule has 49 heavy (non-hydrogen) atoms. The zero-order valence-corrected chi connectivity index (χ0v) is 31.6. The predicted molar refractivity (Wildman–Crippen MR) is 192 cm³/mol. The lowest BCUT2D eigenvalue weighted by molar-refractivity contribution is -0.228. The van der Waals surface area contributed by atoms with Crippen molar-refractivity contribution in [2.24, 2.45) is 5.73 Å². The fraction of sp³-hybridized carbons (Fsp3) is 0.865. The molecule has 0 aromatic carbocycles. The zero-order valence-electron chi connectivity index (χ0n) is 30.7. The molecule has 0 aliphatic carbocycles. The Morgan fingerprint density at radius 2 is 1.08 bits per heavy atom. The molecule has 288 valence electrons. The third kappa shape index (κ3) is 34.4.